The Morgan fingerprint density at radius 2 is 1.69 bits per heavy atom. The summed E-state index contributed by atoms with van der Waals surface area (Å²) in [4.78, 5) is 28.2. The predicted molar refractivity (Wildman–Crippen MR) is 141 cm³/mol. The Morgan fingerprint density at radius 3 is 2.22 bits per heavy atom. The number of carbonyl (C=O) groups excluding carboxylic acids is 2. The zero-order chi connectivity index (χ0) is 27.3. The van der Waals surface area contributed by atoms with E-state index >= 15 is 0 Å². The number of benzene rings is 2. The maximum absolute atomic E-state index is 13.7. The lowest BCUT2D eigenvalue weighted by Gasteiger charge is -2.33. The number of amides is 2. The molecule has 0 fully saturated rings. The average molecular weight is 520 g/mol. The smallest absolute Gasteiger partial charge is 0.244 e. The summed E-state index contributed by atoms with van der Waals surface area (Å²) in [6.45, 7) is 8.72. The van der Waals surface area contributed by atoms with Gasteiger partial charge in [0.1, 0.15) is 24.1 Å². The third kappa shape index (κ3) is 7.61. The van der Waals surface area contributed by atoms with E-state index in [1.165, 1.54) is 25.2 Å². The minimum atomic E-state index is -3.91. The Labute approximate surface area is 214 Å². The van der Waals surface area contributed by atoms with Gasteiger partial charge in [-0.2, -0.15) is 0 Å². The van der Waals surface area contributed by atoms with Gasteiger partial charge in [0.2, 0.25) is 21.8 Å². The molecular formula is C26H37N3O6S. The van der Waals surface area contributed by atoms with Gasteiger partial charge in [0, 0.05) is 18.2 Å². The molecule has 9 nitrogen and oxygen atoms in total. The van der Waals surface area contributed by atoms with E-state index < -0.39 is 34.1 Å². The lowest BCUT2D eigenvalue weighted by Crippen LogP contribution is -2.54. The Balaban J connectivity index is 2.51. The van der Waals surface area contributed by atoms with Crippen molar-refractivity contribution >= 4 is 27.5 Å². The van der Waals surface area contributed by atoms with Gasteiger partial charge in [-0.1, -0.05) is 24.3 Å². The molecule has 0 saturated carbocycles. The molecule has 1 unspecified atom stereocenters. The number of sulfonamides is 1. The minimum absolute atomic E-state index is 0.136. The van der Waals surface area contributed by atoms with E-state index in [9.17, 15) is 18.0 Å². The van der Waals surface area contributed by atoms with E-state index in [0.717, 1.165) is 21.7 Å². The lowest BCUT2D eigenvalue weighted by molar-refractivity contribution is -0.140. The first-order chi connectivity index (χ1) is 16.7. The van der Waals surface area contributed by atoms with Crippen molar-refractivity contribution in [2.75, 3.05) is 31.3 Å². The highest BCUT2D eigenvalue weighted by atomic mass is 32.2. The Bertz CT molecular complexity index is 1190. The van der Waals surface area contributed by atoms with Gasteiger partial charge >= 0.3 is 0 Å². The number of ether oxygens (including phenoxy) is 2. The molecule has 2 aromatic rings. The maximum atomic E-state index is 13.7. The molecule has 0 aromatic heterocycles. The molecule has 2 rings (SSSR count). The van der Waals surface area contributed by atoms with E-state index in [2.05, 4.69) is 5.32 Å². The number of methoxy groups -OCH3 is 2. The highest BCUT2D eigenvalue weighted by Gasteiger charge is 2.32. The SMILES string of the molecule is COc1ccc(OC)c(N(CC(=O)N(Cc2ccccc2C)C(C)C(=O)NC(C)(C)C)S(C)(=O)=O)c1. The highest BCUT2D eigenvalue weighted by Crippen LogP contribution is 2.34. The van der Waals surface area contributed by atoms with Crippen LogP contribution >= 0.6 is 0 Å². The molecular weight excluding hydrogens is 482 g/mol. The fraction of sp³-hybridized carbons (Fsp3) is 0.462. The second kappa shape index (κ2) is 11.6. The largest absolute Gasteiger partial charge is 0.497 e. The normalized spacial score (nSPS) is 12.4. The molecule has 2 aromatic carbocycles. The molecule has 10 heteroatoms. The average Bonchev–Trinajstić information content (AvgIpc) is 2.79. The standard InChI is InChI=1S/C26H37N3O6S/c1-18-11-9-10-12-20(18)16-28(19(2)25(31)27-26(3,4)5)24(30)17-29(36(8,32)33)22-15-21(34-6)13-14-23(22)35-7/h9-15,19H,16-17H2,1-8H3,(H,27,31). The molecule has 1 atom stereocenters. The molecule has 0 spiro atoms. The number of hydrogen-bond acceptors (Lipinski definition) is 6. The molecule has 0 aliphatic heterocycles. The Kier molecular flexibility index (Phi) is 9.37. The third-order valence-corrected chi connectivity index (χ3v) is 6.73. The van der Waals surface area contributed by atoms with Gasteiger partial charge in [-0.05, 0) is 57.9 Å². The van der Waals surface area contributed by atoms with Gasteiger partial charge in [-0.25, -0.2) is 8.42 Å². The number of hydrogen-bond donors (Lipinski definition) is 1. The fourth-order valence-electron chi connectivity index (χ4n) is 3.61. The topological polar surface area (TPSA) is 105 Å². The Hall–Kier alpha value is -3.27. The quantitative estimate of drug-likeness (QED) is 0.517. The van der Waals surface area contributed by atoms with Crippen LogP contribution in [0.2, 0.25) is 0 Å². The van der Waals surface area contributed by atoms with E-state index in [1.807, 2.05) is 52.0 Å². The number of carbonyl (C=O) groups is 2. The van der Waals surface area contributed by atoms with Crippen LogP contribution in [0.3, 0.4) is 0 Å². The van der Waals surface area contributed by atoms with Gasteiger partial charge in [0.25, 0.3) is 0 Å². The van der Waals surface area contributed by atoms with Crippen LogP contribution in [0.25, 0.3) is 0 Å². The number of nitrogens with one attached hydrogen (secondary N) is 1. The molecule has 1 N–H and O–H groups in total. The summed E-state index contributed by atoms with van der Waals surface area (Å²) in [7, 11) is -1.04. The number of rotatable bonds is 10. The van der Waals surface area contributed by atoms with Crippen LogP contribution in [0, 0.1) is 6.92 Å². The van der Waals surface area contributed by atoms with Crippen molar-refractivity contribution in [1.29, 1.82) is 0 Å². The summed E-state index contributed by atoms with van der Waals surface area (Å²) in [6.07, 6.45) is 1.01. The molecule has 36 heavy (non-hydrogen) atoms. The summed E-state index contributed by atoms with van der Waals surface area (Å²) in [6, 6.07) is 11.4. The summed E-state index contributed by atoms with van der Waals surface area (Å²) >= 11 is 0. The summed E-state index contributed by atoms with van der Waals surface area (Å²) in [5.74, 6) is -0.209. The van der Waals surface area contributed by atoms with Gasteiger partial charge in [-0.15, -0.1) is 0 Å². The number of aryl methyl sites for hydroxylation is 1. The molecule has 0 saturated heterocycles. The molecule has 198 valence electrons. The minimum Gasteiger partial charge on any atom is -0.497 e. The molecule has 0 radical (unpaired) electrons. The highest BCUT2D eigenvalue weighted by molar-refractivity contribution is 7.92. The van der Waals surface area contributed by atoms with Gasteiger partial charge < -0.3 is 19.7 Å². The molecule has 0 heterocycles. The van der Waals surface area contributed by atoms with E-state index in [4.69, 9.17) is 9.47 Å². The summed E-state index contributed by atoms with van der Waals surface area (Å²) in [5.41, 5.74) is 1.46. The fourth-order valence-corrected chi connectivity index (χ4v) is 4.46. The van der Waals surface area contributed by atoms with Crippen LogP contribution in [0.15, 0.2) is 42.5 Å². The summed E-state index contributed by atoms with van der Waals surface area (Å²) < 4.78 is 37.3. The first-order valence-electron chi connectivity index (χ1n) is 11.5. The second-order valence-electron chi connectivity index (χ2n) is 9.67. The molecule has 2 amide bonds. The molecule has 0 aliphatic rings. The van der Waals surface area contributed by atoms with Crippen molar-refractivity contribution in [1.82, 2.24) is 10.2 Å². The van der Waals surface area contributed by atoms with Gasteiger partial charge in [0.15, 0.2) is 0 Å². The van der Waals surface area contributed by atoms with E-state index in [0.29, 0.717) is 5.75 Å². The van der Waals surface area contributed by atoms with Crippen LogP contribution < -0.4 is 19.1 Å². The van der Waals surface area contributed by atoms with Crippen molar-refractivity contribution in [3.63, 3.8) is 0 Å². The number of anilines is 1. The zero-order valence-electron chi connectivity index (χ0n) is 22.3. The van der Waals surface area contributed by atoms with Crippen molar-refractivity contribution in [3.05, 3.63) is 53.6 Å². The van der Waals surface area contributed by atoms with Crippen LogP contribution in [-0.2, 0) is 26.2 Å². The molecule has 0 bridgehead atoms. The second-order valence-corrected chi connectivity index (χ2v) is 11.6. The van der Waals surface area contributed by atoms with Crippen LogP contribution in [0.5, 0.6) is 11.5 Å². The summed E-state index contributed by atoms with van der Waals surface area (Å²) in [5, 5.41) is 2.90. The lowest BCUT2D eigenvalue weighted by atomic mass is 10.1. The van der Waals surface area contributed by atoms with Crippen LogP contribution in [0.1, 0.15) is 38.8 Å². The van der Waals surface area contributed by atoms with Crippen LogP contribution in [-0.4, -0.2) is 63.7 Å². The first-order valence-corrected chi connectivity index (χ1v) is 13.4. The monoisotopic (exact) mass is 519 g/mol. The van der Waals surface area contributed by atoms with Gasteiger partial charge in [0.05, 0.1) is 26.2 Å². The predicted octanol–water partition coefficient (Wildman–Crippen LogP) is 3.11. The third-order valence-electron chi connectivity index (χ3n) is 5.60. The van der Waals surface area contributed by atoms with E-state index in [-0.39, 0.29) is 23.9 Å². The maximum Gasteiger partial charge on any atom is 0.244 e. The zero-order valence-corrected chi connectivity index (χ0v) is 23.1. The number of nitrogens with zero attached hydrogens (tertiary/aromatic N) is 2. The first kappa shape index (κ1) is 29.0. The van der Waals surface area contributed by atoms with Crippen molar-refractivity contribution in [2.24, 2.45) is 0 Å². The van der Waals surface area contributed by atoms with Crippen molar-refractivity contribution in [3.8, 4) is 11.5 Å². The van der Waals surface area contributed by atoms with Gasteiger partial charge in [-0.3, -0.25) is 13.9 Å². The Morgan fingerprint density at radius 1 is 1.06 bits per heavy atom. The molecule has 0 aliphatic carbocycles. The van der Waals surface area contributed by atoms with E-state index in [1.54, 1.807) is 19.1 Å². The van der Waals surface area contributed by atoms with Crippen molar-refractivity contribution in [2.45, 2.75) is 52.7 Å². The van der Waals surface area contributed by atoms with Crippen LogP contribution in [0.4, 0.5) is 5.69 Å². The van der Waals surface area contributed by atoms with Crippen molar-refractivity contribution < 1.29 is 27.5 Å².